The fourth-order valence-electron chi connectivity index (χ4n) is 4.96. The van der Waals surface area contributed by atoms with Crippen LogP contribution >= 0.6 is 0 Å². The molecule has 2 saturated carbocycles. The van der Waals surface area contributed by atoms with Crippen LogP contribution in [0, 0.1) is 0 Å². The van der Waals surface area contributed by atoms with Crippen molar-refractivity contribution in [2.45, 2.75) is 95.3 Å². The highest BCUT2D eigenvalue weighted by Gasteiger charge is 2.40. The lowest BCUT2D eigenvalue weighted by atomic mass is 9.76. The van der Waals surface area contributed by atoms with Crippen LogP contribution in [0.25, 0.3) is 0 Å². The topological polar surface area (TPSA) is 75.5 Å². The third-order valence-corrected chi connectivity index (χ3v) is 12.9. The molecule has 0 atom stereocenters. The van der Waals surface area contributed by atoms with Crippen LogP contribution in [-0.2, 0) is 16.3 Å². The molecule has 2 aromatic rings. The van der Waals surface area contributed by atoms with Crippen molar-refractivity contribution in [2.75, 3.05) is 13.2 Å². The fraction of sp³-hybridized carbons (Fsp3) is 0.607. The van der Waals surface area contributed by atoms with E-state index in [1.807, 2.05) is 11.0 Å². The van der Waals surface area contributed by atoms with E-state index in [1.54, 1.807) is 0 Å². The Labute approximate surface area is 211 Å². The van der Waals surface area contributed by atoms with Crippen LogP contribution in [0.5, 0.6) is 5.75 Å². The van der Waals surface area contributed by atoms with E-state index in [9.17, 15) is 9.90 Å². The normalized spacial score (nSPS) is 18.0. The molecule has 2 aliphatic carbocycles. The van der Waals surface area contributed by atoms with Gasteiger partial charge in [0.2, 0.25) is 0 Å². The zero-order valence-corrected chi connectivity index (χ0v) is 23.0. The molecule has 0 bridgehead atoms. The highest BCUT2D eigenvalue weighted by Crippen LogP contribution is 2.43. The minimum Gasteiger partial charge on any atom is -0.504 e. The molecule has 6 nitrogen and oxygen atoms in total. The first-order valence-electron chi connectivity index (χ1n) is 13.1. The Morgan fingerprint density at radius 3 is 2.43 bits per heavy atom. The zero-order valence-electron chi connectivity index (χ0n) is 22.0. The minimum absolute atomic E-state index is 0.00820. The van der Waals surface area contributed by atoms with Gasteiger partial charge in [-0.25, -0.2) is 9.97 Å². The van der Waals surface area contributed by atoms with Crippen molar-refractivity contribution in [1.82, 2.24) is 14.9 Å². The molecule has 0 radical (unpaired) electrons. The maximum Gasteiger partial charge on any atom is 0.276 e. The van der Waals surface area contributed by atoms with Crippen molar-refractivity contribution in [3.8, 4) is 5.75 Å². The van der Waals surface area contributed by atoms with E-state index in [0.717, 1.165) is 25.7 Å². The van der Waals surface area contributed by atoms with Gasteiger partial charge in [-0.15, -0.1) is 0 Å². The largest absolute Gasteiger partial charge is 0.504 e. The van der Waals surface area contributed by atoms with E-state index in [0.29, 0.717) is 25.4 Å². The second-order valence-electron chi connectivity index (χ2n) is 11.9. The molecule has 1 amide bonds. The van der Waals surface area contributed by atoms with Crippen molar-refractivity contribution in [2.24, 2.45) is 0 Å². The number of benzene rings is 1. The molecule has 0 saturated heterocycles. The number of hydrogen-bond acceptors (Lipinski definition) is 5. The maximum absolute atomic E-state index is 13.6. The van der Waals surface area contributed by atoms with Gasteiger partial charge in [-0.05, 0) is 49.4 Å². The van der Waals surface area contributed by atoms with Crippen LogP contribution in [0.15, 0.2) is 36.5 Å². The van der Waals surface area contributed by atoms with Crippen LogP contribution in [0.4, 0.5) is 0 Å². The van der Waals surface area contributed by atoms with Crippen molar-refractivity contribution in [1.29, 1.82) is 0 Å². The van der Waals surface area contributed by atoms with Gasteiger partial charge < -0.3 is 14.4 Å². The first-order valence-corrected chi connectivity index (χ1v) is 16.0. The molecule has 1 aromatic heterocycles. The quantitative estimate of drug-likeness (QED) is 0.441. The van der Waals surface area contributed by atoms with Gasteiger partial charge in [-0.1, -0.05) is 63.9 Å². The molecule has 7 heteroatoms. The molecule has 2 fully saturated rings. The number of carbonyl (C=O) groups is 1. The van der Waals surface area contributed by atoms with Gasteiger partial charge in [0.05, 0.1) is 12.8 Å². The molecule has 4 rings (SSSR count). The number of aromatic nitrogens is 2. The number of aromatic hydroxyl groups is 1. The van der Waals surface area contributed by atoms with Gasteiger partial charge >= 0.3 is 0 Å². The number of hydrogen-bond donors (Lipinski definition) is 1. The standard InChI is InChI=1S/C28H41N3O3Si/c1-27(2,3)35(4,5)34-18-17-31(22-13-14-22)26(33)25-23(32)20-29-24(30-25)19-28(15-9-10-16-28)21-11-7-6-8-12-21/h6-8,11-12,20,22,32H,9-10,13-19H2,1-5H3. The maximum atomic E-state index is 13.6. The molecular formula is C28H41N3O3Si. The Hall–Kier alpha value is -2.25. The molecule has 2 aliphatic rings. The third kappa shape index (κ3) is 5.77. The predicted octanol–water partition coefficient (Wildman–Crippen LogP) is 5.86. The second-order valence-corrected chi connectivity index (χ2v) is 16.7. The summed E-state index contributed by atoms with van der Waals surface area (Å²) >= 11 is 0. The van der Waals surface area contributed by atoms with Crippen LogP contribution in [-0.4, -0.2) is 53.4 Å². The second kappa shape index (κ2) is 10.0. The molecule has 0 aliphatic heterocycles. The SMILES string of the molecule is CC(C)(C)[Si](C)(C)OCCN(C(=O)c1nc(CC2(c3ccccc3)CCCC2)ncc1O)C1CC1. The summed E-state index contributed by atoms with van der Waals surface area (Å²) in [5.74, 6) is 0.271. The van der Waals surface area contributed by atoms with Crippen LogP contribution < -0.4 is 0 Å². The fourth-order valence-corrected chi connectivity index (χ4v) is 5.99. The summed E-state index contributed by atoms with van der Waals surface area (Å²) in [5.41, 5.74) is 1.42. The summed E-state index contributed by atoms with van der Waals surface area (Å²) in [7, 11) is -1.89. The number of amides is 1. The van der Waals surface area contributed by atoms with Crippen LogP contribution in [0.3, 0.4) is 0 Å². The van der Waals surface area contributed by atoms with Crippen molar-refractivity contribution in [3.05, 3.63) is 53.6 Å². The Morgan fingerprint density at radius 2 is 1.83 bits per heavy atom. The monoisotopic (exact) mass is 495 g/mol. The summed E-state index contributed by atoms with van der Waals surface area (Å²) in [6.45, 7) is 12.1. The molecule has 1 N–H and O–H groups in total. The Balaban J connectivity index is 1.51. The first kappa shape index (κ1) is 25.8. The van der Waals surface area contributed by atoms with Gasteiger partial charge in [0.15, 0.2) is 19.8 Å². The lowest BCUT2D eigenvalue weighted by molar-refractivity contribution is 0.0701. The molecular weight excluding hydrogens is 454 g/mol. The van der Waals surface area contributed by atoms with Gasteiger partial charge in [-0.3, -0.25) is 4.79 Å². The smallest absolute Gasteiger partial charge is 0.276 e. The number of nitrogens with zero attached hydrogens (tertiary/aromatic N) is 3. The van der Waals surface area contributed by atoms with Gasteiger partial charge in [0.1, 0.15) is 5.82 Å². The molecule has 0 unspecified atom stereocenters. The zero-order chi connectivity index (χ0) is 25.3. The van der Waals surface area contributed by atoms with Crippen LogP contribution in [0.1, 0.15) is 81.2 Å². The Bertz CT molecular complexity index is 1030. The summed E-state index contributed by atoms with van der Waals surface area (Å²) in [4.78, 5) is 24.5. The van der Waals surface area contributed by atoms with E-state index in [1.165, 1.54) is 24.6 Å². The summed E-state index contributed by atoms with van der Waals surface area (Å²) in [6, 6.07) is 10.8. The van der Waals surface area contributed by atoms with Gasteiger partial charge in [0, 0.05) is 24.4 Å². The van der Waals surface area contributed by atoms with Crippen molar-refractivity contribution >= 4 is 14.2 Å². The molecule has 1 heterocycles. The van der Waals surface area contributed by atoms with E-state index in [2.05, 4.69) is 68.1 Å². The Kier molecular flexibility index (Phi) is 7.39. The lowest BCUT2D eigenvalue weighted by Crippen LogP contribution is -2.44. The van der Waals surface area contributed by atoms with E-state index < -0.39 is 8.32 Å². The molecule has 1 aromatic carbocycles. The molecule has 35 heavy (non-hydrogen) atoms. The summed E-state index contributed by atoms with van der Waals surface area (Å²) in [5, 5.41) is 10.7. The number of rotatable bonds is 9. The Morgan fingerprint density at radius 1 is 1.17 bits per heavy atom. The first-order chi connectivity index (χ1) is 16.5. The summed E-state index contributed by atoms with van der Waals surface area (Å²) < 4.78 is 6.34. The summed E-state index contributed by atoms with van der Waals surface area (Å²) in [6.07, 6.45) is 8.59. The number of carbonyl (C=O) groups excluding carboxylic acids is 1. The van der Waals surface area contributed by atoms with Gasteiger partial charge in [0.25, 0.3) is 5.91 Å². The van der Waals surface area contributed by atoms with E-state index in [4.69, 9.17) is 4.43 Å². The average Bonchev–Trinajstić information content (AvgIpc) is 3.55. The molecule has 0 spiro atoms. The molecule has 190 valence electrons. The van der Waals surface area contributed by atoms with Gasteiger partial charge in [-0.2, -0.15) is 0 Å². The lowest BCUT2D eigenvalue weighted by Gasteiger charge is -2.36. The predicted molar refractivity (Wildman–Crippen MR) is 141 cm³/mol. The van der Waals surface area contributed by atoms with E-state index >= 15 is 0 Å². The highest BCUT2D eigenvalue weighted by atomic mass is 28.4. The van der Waals surface area contributed by atoms with E-state index in [-0.39, 0.29) is 33.8 Å². The van der Waals surface area contributed by atoms with Crippen molar-refractivity contribution < 1.29 is 14.3 Å². The van der Waals surface area contributed by atoms with Crippen LogP contribution in [0.2, 0.25) is 18.1 Å². The average molecular weight is 496 g/mol. The highest BCUT2D eigenvalue weighted by molar-refractivity contribution is 6.74. The van der Waals surface area contributed by atoms with Crippen molar-refractivity contribution in [3.63, 3.8) is 0 Å². The third-order valence-electron chi connectivity index (χ3n) is 8.32. The minimum atomic E-state index is -1.89.